The first kappa shape index (κ1) is 9.61. The first-order chi connectivity index (χ1) is 6.81. The van der Waals surface area contributed by atoms with E-state index in [2.05, 4.69) is 15.7 Å². The monoisotopic (exact) mass is 195 g/mol. The fourth-order valence-electron chi connectivity index (χ4n) is 2.26. The van der Waals surface area contributed by atoms with E-state index in [0.29, 0.717) is 5.92 Å². The molecule has 1 fully saturated rings. The molecule has 0 aromatic carbocycles. The highest BCUT2D eigenvalue weighted by atomic mass is 15.4. The molecule has 5 heteroatoms. The van der Waals surface area contributed by atoms with Crippen molar-refractivity contribution >= 4 is 0 Å². The van der Waals surface area contributed by atoms with E-state index in [1.54, 1.807) is 4.68 Å². The molecule has 0 radical (unpaired) electrons. The van der Waals surface area contributed by atoms with Gasteiger partial charge in [-0.2, -0.15) is 0 Å². The number of rotatable bonds is 3. The van der Waals surface area contributed by atoms with E-state index in [0.717, 1.165) is 5.69 Å². The van der Waals surface area contributed by atoms with Gasteiger partial charge in [0.1, 0.15) is 5.69 Å². The predicted molar refractivity (Wildman–Crippen MR) is 53.0 cm³/mol. The number of hydrogen-bond acceptors (Lipinski definition) is 4. The van der Waals surface area contributed by atoms with Crippen LogP contribution in [0.25, 0.3) is 0 Å². The third kappa shape index (κ3) is 1.78. The maximum Gasteiger partial charge on any atom is 0.101 e. The first-order valence-electron chi connectivity index (χ1n) is 5.13. The average Bonchev–Trinajstić information content (AvgIpc) is 2.79. The van der Waals surface area contributed by atoms with E-state index in [4.69, 9.17) is 5.84 Å². The Hall–Kier alpha value is -0.940. The van der Waals surface area contributed by atoms with E-state index in [-0.39, 0.29) is 6.04 Å². The second kappa shape index (κ2) is 4.06. The summed E-state index contributed by atoms with van der Waals surface area (Å²) >= 11 is 0. The zero-order chi connectivity index (χ0) is 9.97. The summed E-state index contributed by atoms with van der Waals surface area (Å²) in [6.07, 6.45) is 7.03. The maximum atomic E-state index is 5.57. The quantitative estimate of drug-likeness (QED) is 0.544. The fraction of sp³-hybridized carbons (Fsp3) is 0.778. The summed E-state index contributed by atoms with van der Waals surface area (Å²) in [5.41, 5.74) is 3.82. The Morgan fingerprint density at radius 1 is 1.57 bits per heavy atom. The molecule has 1 atom stereocenters. The van der Waals surface area contributed by atoms with Crippen molar-refractivity contribution in [3.63, 3.8) is 0 Å². The summed E-state index contributed by atoms with van der Waals surface area (Å²) in [7, 11) is 1.87. The Morgan fingerprint density at radius 3 is 2.79 bits per heavy atom. The molecule has 1 unspecified atom stereocenters. The van der Waals surface area contributed by atoms with Crippen LogP contribution in [0.4, 0.5) is 0 Å². The van der Waals surface area contributed by atoms with Crippen molar-refractivity contribution in [1.82, 2.24) is 20.4 Å². The lowest BCUT2D eigenvalue weighted by Crippen LogP contribution is -2.33. The molecule has 2 rings (SSSR count). The standard InChI is InChI=1S/C9H17N5/c1-14-6-8(12-13-14)9(11-10)7-4-2-3-5-7/h6-7,9,11H,2-5,10H2,1H3. The summed E-state index contributed by atoms with van der Waals surface area (Å²) < 4.78 is 1.72. The number of hydrazine groups is 1. The van der Waals surface area contributed by atoms with Gasteiger partial charge in [-0.1, -0.05) is 18.1 Å². The van der Waals surface area contributed by atoms with E-state index in [1.807, 2.05) is 13.2 Å². The molecule has 1 aromatic heterocycles. The van der Waals surface area contributed by atoms with Crippen molar-refractivity contribution in [2.75, 3.05) is 0 Å². The Kier molecular flexibility index (Phi) is 2.79. The van der Waals surface area contributed by atoms with Crippen LogP contribution >= 0.6 is 0 Å². The Morgan fingerprint density at radius 2 is 2.29 bits per heavy atom. The van der Waals surface area contributed by atoms with Crippen LogP contribution in [0.2, 0.25) is 0 Å². The highest BCUT2D eigenvalue weighted by Crippen LogP contribution is 2.34. The van der Waals surface area contributed by atoms with Crippen LogP contribution in [-0.2, 0) is 7.05 Å². The van der Waals surface area contributed by atoms with Crippen molar-refractivity contribution < 1.29 is 0 Å². The van der Waals surface area contributed by atoms with Gasteiger partial charge < -0.3 is 0 Å². The number of aromatic nitrogens is 3. The molecule has 1 aliphatic rings. The fourth-order valence-corrected chi connectivity index (χ4v) is 2.26. The summed E-state index contributed by atoms with van der Waals surface area (Å²) in [6, 6.07) is 0.172. The third-order valence-electron chi connectivity index (χ3n) is 2.99. The second-order valence-electron chi connectivity index (χ2n) is 4.01. The van der Waals surface area contributed by atoms with E-state index < -0.39 is 0 Å². The molecule has 3 N–H and O–H groups in total. The number of hydrogen-bond donors (Lipinski definition) is 2. The van der Waals surface area contributed by atoms with Crippen molar-refractivity contribution in [3.05, 3.63) is 11.9 Å². The summed E-state index contributed by atoms with van der Waals surface area (Å²) in [4.78, 5) is 0. The van der Waals surface area contributed by atoms with Gasteiger partial charge in [-0.3, -0.25) is 16.0 Å². The van der Waals surface area contributed by atoms with Crippen LogP contribution in [0.1, 0.15) is 37.4 Å². The molecule has 1 heterocycles. The largest absolute Gasteiger partial charge is 0.271 e. The Balaban J connectivity index is 2.12. The van der Waals surface area contributed by atoms with Gasteiger partial charge in [0.2, 0.25) is 0 Å². The minimum absolute atomic E-state index is 0.172. The number of nitrogens with one attached hydrogen (secondary N) is 1. The van der Waals surface area contributed by atoms with Crippen molar-refractivity contribution in [1.29, 1.82) is 0 Å². The lowest BCUT2D eigenvalue weighted by Gasteiger charge is -2.19. The molecule has 0 amide bonds. The van der Waals surface area contributed by atoms with Gasteiger partial charge in [-0.15, -0.1) is 5.10 Å². The SMILES string of the molecule is Cn1cc(C(NN)C2CCCC2)nn1. The lowest BCUT2D eigenvalue weighted by molar-refractivity contribution is 0.366. The lowest BCUT2D eigenvalue weighted by atomic mass is 9.96. The molecular weight excluding hydrogens is 178 g/mol. The molecule has 1 saturated carbocycles. The van der Waals surface area contributed by atoms with Gasteiger partial charge in [-0.25, -0.2) is 0 Å². The molecule has 0 saturated heterocycles. The molecule has 1 aliphatic carbocycles. The van der Waals surface area contributed by atoms with Gasteiger partial charge in [-0.05, 0) is 18.8 Å². The van der Waals surface area contributed by atoms with Crippen LogP contribution in [-0.4, -0.2) is 15.0 Å². The third-order valence-corrected chi connectivity index (χ3v) is 2.99. The number of nitrogens with two attached hydrogens (primary N) is 1. The van der Waals surface area contributed by atoms with Crippen molar-refractivity contribution in [3.8, 4) is 0 Å². The van der Waals surface area contributed by atoms with Gasteiger partial charge in [0.15, 0.2) is 0 Å². The minimum Gasteiger partial charge on any atom is -0.271 e. The highest BCUT2D eigenvalue weighted by Gasteiger charge is 2.27. The molecule has 0 aliphatic heterocycles. The molecular formula is C9H17N5. The van der Waals surface area contributed by atoms with Crippen molar-refractivity contribution in [2.24, 2.45) is 18.8 Å². The molecule has 0 spiro atoms. The molecule has 5 nitrogen and oxygen atoms in total. The number of nitrogens with zero attached hydrogens (tertiary/aromatic N) is 3. The van der Waals surface area contributed by atoms with Crippen LogP contribution in [0.15, 0.2) is 6.20 Å². The van der Waals surface area contributed by atoms with E-state index >= 15 is 0 Å². The predicted octanol–water partition coefficient (Wildman–Crippen LogP) is 0.510. The van der Waals surface area contributed by atoms with Gasteiger partial charge in [0, 0.05) is 13.2 Å². The maximum absolute atomic E-state index is 5.57. The van der Waals surface area contributed by atoms with Crippen LogP contribution in [0.5, 0.6) is 0 Å². The molecule has 1 aromatic rings. The summed E-state index contributed by atoms with van der Waals surface area (Å²) in [5.74, 6) is 6.19. The van der Waals surface area contributed by atoms with Crippen LogP contribution in [0, 0.1) is 5.92 Å². The highest BCUT2D eigenvalue weighted by molar-refractivity contribution is 5.03. The topological polar surface area (TPSA) is 68.8 Å². The van der Waals surface area contributed by atoms with Gasteiger partial charge >= 0.3 is 0 Å². The van der Waals surface area contributed by atoms with Crippen LogP contribution < -0.4 is 11.3 Å². The smallest absolute Gasteiger partial charge is 0.101 e. The second-order valence-corrected chi connectivity index (χ2v) is 4.01. The van der Waals surface area contributed by atoms with Gasteiger partial charge in [0.05, 0.1) is 6.04 Å². The van der Waals surface area contributed by atoms with E-state index in [9.17, 15) is 0 Å². The number of aryl methyl sites for hydroxylation is 1. The van der Waals surface area contributed by atoms with Gasteiger partial charge in [0.25, 0.3) is 0 Å². The Bertz CT molecular complexity index is 289. The molecule has 0 bridgehead atoms. The normalized spacial score (nSPS) is 20.1. The van der Waals surface area contributed by atoms with Crippen LogP contribution in [0.3, 0.4) is 0 Å². The zero-order valence-corrected chi connectivity index (χ0v) is 8.48. The summed E-state index contributed by atoms with van der Waals surface area (Å²) in [6.45, 7) is 0. The Labute approximate surface area is 83.6 Å². The zero-order valence-electron chi connectivity index (χ0n) is 8.48. The minimum atomic E-state index is 0.172. The van der Waals surface area contributed by atoms with Crippen molar-refractivity contribution in [2.45, 2.75) is 31.7 Å². The van der Waals surface area contributed by atoms with E-state index in [1.165, 1.54) is 25.7 Å². The molecule has 14 heavy (non-hydrogen) atoms. The molecule has 78 valence electrons. The summed E-state index contributed by atoms with van der Waals surface area (Å²) in [5, 5.41) is 8.03. The average molecular weight is 195 g/mol. The first-order valence-corrected chi connectivity index (χ1v) is 5.13.